The number of aromatic nitrogens is 2. The van der Waals surface area contributed by atoms with Gasteiger partial charge in [0.1, 0.15) is 0 Å². The van der Waals surface area contributed by atoms with Crippen LogP contribution >= 0.6 is 11.8 Å². The topological polar surface area (TPSA) is 45.8 Å². The molecule has 1 heterocycles. The molecule has 0 spiro atoms. The highest BCUT2D eigenvalue weighted by Gasteiger charge is 2.05. The summed E-state index contributed by atoms with van der Waals surface area (Å²) < 4.78 is 0. The maximum absolute atomic E-state index is 11.7. The van der Waals surface area contributed by atoms with Gasteiger partial charge in [-0.05, 0) is 44.4 Å². The second-order valence-corrected chi connectivity index (χ2v) is 5.75. The van der Waals surface area contributed by atoms with Crippen LogP contribution in [0.5, 0.6) is 0 Å². The summed E-state index contributed by atoms with van der Waals surface area (Å²) in [6.07, 6.45) is 0. The van der Waals surface area contributed by atoms with Gasteiger partial charge in [-0.1, -0.05) is 43.8 Å². The molecule has 21 heavy (non-hydrogen) atoms. The maximum atomic E-state index is 11.7. The SMILES string of the molecule is CC.Cc1ccc(CSc2nc(C)c(C)c(=O)[nH]2)cc1C. The van der Waals surface area contributed by atoms with Crippen molar-refractivity contribution < 1.29 is 0 Å². The Morgan fingerprint density at radius 2 is 1.76 bits per heavy atom. The maximum Gasteiger partial charge on any atom is 0.254 e. The minimum atomic E-state index is -0.0462. The summed E-state index contributed by atoms with van der Waals surface area (Å²) in [5.74, 6) is 0.812. The molecule has 0 fully saturated rings. The first kappa shape index (κ1) is 17.5. The van der Waals surface area contributed by atoms with Crippen LogP contribution in [0.2, 0.25) is 0 Å². The first-order chi connectivity index (χ1) is 9.97. The average Bonchev–Trinajstić information content (AvgIpc) is 2.48. The number of nitrogens with zero attached hydrogens (tertiary/aromatic N) is 1. The molecule has 0 bridgehead atoms. The van der Waals surface area contributed by atoms with Crippen LogP contribution in [0.25, 0.3) is 0 Å². The Morgan fingerprint density at radius 1 is 1.10 bits per heavy atom. The summed E-state index contributed by atoms with van der Waals surface area (Å²) in [7, 11) is 0. The van der Waals surface area contributed by atoms with Crippen molar-refractivity contribution in [3.05, 3.63) is 56.5 Å². The van der Waals surface area contributed by atoms with Crippen molar-refractivity contribution in [3.8, 4) is 0 Å². The number of nitrogens with one attached hydrogen (secondary N) is 1. The third-order valence-electron chi connectivity index (χ3n) is 3.32. The van der Waals surface area contributed by atoms with E-state index in [4.69, 9.17) is 0 Å². The molecule has 0 amide bonds. The van der Waals surface area contributed by atoms with Gasteiger partial charge in [-0.15, -0.1) is 0 Å². The van der Waals surface area contributed by atoms with E-state index in [1.165, 1.54) is 16.7 Å². The monoisotopic (exact) mass is 304 g/mol. The fourth-order valence-electron chi connectivity index (χ4n) is 1.73. The molecule has 0 atom stereocenters. The fraction of sp³-hybridized carbons (Fsp3) is 0.412. The highest BCUT2D eigenvalue weighted by molar-refractivity contribution is 7.98. The summed E-state index contributed by atoms with van der Waals surface area (Å²) in [4.78, 5) is 18.9. The molecule has 3 nitrogen and oxygen atoms in total. The van der Waals surface area contributed by atoms with E-state index in [-0.39, 0.29) is 5.56 Å². The van der Waals surface area contributed by atoms with Gasteiger partial charge in [-0.3, -0.25) is 4.79 Å². The smallest absolute Gasteiger partial charge is 0.254 e. The van der Waals surface area contributed by atoms with Crippen molar-refractivity contribution in [2.75, 3.05) is 0 Å². The van der Waals surface area contributed by atoms with Gasteiger partial charge >= 0.3 is 0 Å². The van der Waals surface area contributed by atoms with E-state index in [0.717, 1.165) is 11.4 Å². The second kappa shape index (κ2) is 8.03. The Kier molecular flexibility index (Phi) is 6.69. The van der Waals surface area contributed by atoms with Gasteiger partial charge in [0, 0.05) is 17.0 Å². The van der Waals surface area contributed by atoms with E-state index >= 15 is 0 Å². The van der Waals surface area contributed by atoms with Crippen LogP contribution in [0, 0.1) is 27.7 Å². The van der Waals surface area contributed by atoms with Crippen LogP contribution < -0.4 is 5.56 Å². The van der Waals surface area contributed by atoms with Crippen molar-refractivity contribution in [2.45, 2.75) is 52.5 Å². The largest absolute Gasteiger partial charge is 0.301 e. The number of hydrogen-bond donors (Lipinski definition) is 1. The lowest BCUT2D eigenvalue weighted by molar-refractivity contribution is 0.883. The molecule has 1 aromatic heterocycles. The first-order valence-electron chi connectivity index (χ1n) is 7.24. The van der Waals surface area contributed by atoms with E-state index in [1.54, 1.807) is 18.7 Å². The Morgan fingerprint density at radius 3 is 2.33 bits per heavy atom. The molecule has 0 saturated heterocycles. The van der Waals surface area contributed by atoms with Crippen molar-refractivity contribution >= 4 is 11.8 Å². The predicted molar refractivity (Wildman–Crippen MR) is 91.2 cm³/mol. The van der Waals surface area contributed by atoms with Crippen molar-refractivity contribution in [1.82, 2.24) is 9.97 Å². The normalized spacial score (nSPS) is 10.0. The van der Waals surface area contributed by atoms with E-state index in [9.17, 15) is 4.79 Å². The summed E-state index contributed by atoms with van der Waals surface area (Å²) in [5.41, 5.74) is 5.28. The van der Waals surface area contributed by atoms with Gasteiger partial charge in [0.25, 0.3) is 5.56 Å². The summed E-state index contributed by atoms with van der Waals surface area (Å²) in [6, 6.07) is 6.43. The van der Waals surface area contributed by atoms with Crippen molar-refractivity contribution in [2.24, 2.45) is 0 Å². The molecule has 0 aliphatic rings. The zero-order valence-corrected chi connectivity index (χ0v) is 14.5. The lowest BCUT2D eigenvalue weighted by Crippen LogP contribution is -2.14. The zero-order valence-electron chi connectivity index (χ0n) is 13.7. The Labute approximate surface area is 131 Å². The van der Waals surface area contributed by atoms with Crippen LogP contribution in [0.4, 0.5) is 0 Å². The van der Waals surface area contributed by atoms with Crippen LogP contribution in [0.15, 0.2) is 28.2 Å². The molecule has 114 valence electrons. The molecule has 1 aromatic carbocycles. The van der Waals surface area contributed by atoms with Crippen LogP contribution in [0.1, 0.15) is 41.8 Å². The number of H-pyrrole nitrogens is 1. The fourth-order valence-corrected chi connectivity index (χ4v) is 2.58. The van der Waals surface area contributed by atoms with Gasteiger partial charge in [-0.25, -0.2) is 4.98 Å². The van der Waals surface area contributed by atoms with Crippen LogP contribution in [-0.4, -0.2) is 9.97 Å². The zero-order chi connectivity index (χ0) is 16.0. The third kappa shape index (κ3) is 4.74. The molecule has 2 aromatic rings. The number of thioether (sulfide) groups is 1. The number of aryl methyl sites for hydroxylation is 3. The highest BCUT2D eigenvalue weighted by atomic mass is 32.2. The molecule has 0 aliphatic heterocycles. The lowest BCUT2D eigenvalue weighted by atomic mass is 10.1. The number of aromatic amines is 1. The van der Waals surface area contributed by atoms with Gasteiger partial charge in [0.05, 0.1) is 0 Å². The van der Waals surface area contributed by atoms with Crippen molar-refractivity contribution in [3.63, 3.8) is 0 Å². The van der Waals surface area contributed by atoms with Gasteiger partial charge < -0.3 is 4.98 Å². The Bertz CT molecular complexity index is 662. The van der Waals surface area contributed by atoms with Gasteiger partial charge in [-0.2, -0.15) is 0 Å². The molecule has 0 saturated carbocycles. The summed E-state index contributed by atoms with van der Waals surface area (Å²) >= 11 is 1.56. The van der Waals surface area contributed by atoms with Gasteiger partial charge in [0.15, 0.2) is 5.16 Å². The molecular weight excluding hydrogens is 280 g/mol. The molecule has 2 rings (SSSR count). The minimum Gasteiger partial charge on any atom is -0.301 e. The van der Waals surface area contributed by atoms with E-state index in [0.29, 0.717) is 10.7 Å². The van der Waals surface area contributed by atoms with Crippen LogP contribution in [-0.2, 0) is 5.75 Å². The first-order valence-corrected chi connectivity index (χ1v) is 8.22. The Balaban J connectivity index is 0.00000106. The predicted octanol–water partition coefficient (Wildman–Crippen LogP) is 4.32. The van der Waals surface area contributed by atoms with E-state index in [2.05, 4.69) is 42.0 Å². The van der Waals surface area contributed by atoms with E-state index in [1.807, 2.05) is 20.8 Å². The molecule has 0 unspecified atom stereocenters. The molecule has 1 N–H and O–H groups in total. The molecule has 0 radical (unpaired) electrons. The van der Waals surface area contributed by atoms with E-state index < -0.39 is 0 Å². The van der Waals surface area contributed by atoms with Crippen LogP contribution in [0.3, 0.4) is 0 Å². The standard InChI is InChI=1S/C15H18N2OS.C2H6/c1-9-5-6-13(7-10(9)2)8-19-15-16-12(4)11(3)14(18)17-15;1-2/h5-7H,8H2,1-4H3,(H,16,17,18);1-2H3. The number of hydrogen-bond acceptors (Lipinski definition) is 3. The minimum absolute atomic E-state index is 0.0462. The highest BCUT2D eigenvalue weighted by Crippen LogP contribution is 2.20. The lowest BCUT2D eigenvalue weighted by Gasteiger charge is -2.06. The van der Waals surface area contributed by atoms with Gasteiger partial charge in [0.2, 0.25) is 0 Å². The molecule has 0 aliphatic carbocycles. The molecular formula is C17H24N2OS. The summed E-state index contributed by atoms with van der Waals surface area (Å²) in [6.45, 7) is 11.9. The third-order valence-corrected chi connectivity index (χ3v) is 4.26. The quantitative estimate of drug-likeness (QED) is 0.678. The summed E-state index contributed by atoms with van der Waals surface area (Å²) in [5, 5.41) is 0.686. The Hall–Kier alpha value is -1.55. The second-order valence-electron chi connectivity index (χ2n) is 4.79. The number of benzene rings is 1. The average molecular weight is 304 g/mol. The number of rotatable bonds is 3. The van der Waals surface area contributed by atoms with Crippen molar-refractivity contribution in [1.29, 1.82) is 0 Å². The molecule has 4 heteroatoms.